The normalized spacial score (nSPS) is 25.2. The Morgan fingerprint density at radius 2 is 2.00 bits per heavy atom. The number of piperazine rings is 1. The number of hydrogen-bond acceptors (Lipinski definition) is 9. The van der Waals surface area contributed by atoms with Gasteiger partial charge in [0, 0.05) is 74.5 Å². The van der Waals surface area contributed by atoms with Gasteiger partial charge in [0.2, 0.25) is 5.88 Å². The van der Waals surface area contributed by atoms with Gasteiger partial charge in [0.05, 0.1) is 35.6 Å². The van der Waals surface area contributed by atoms with Crippen LogP contribution in [0.2, 0.25) is 0 Å². The summed E-state index contributed by atoms with van der Waals surface area (Å²) in [5.74, 6) is 3.27. The molecule has 0 amide bonds. The molecule has 40 heavy (non-hydrogen) atoms. The lowest BCUT2D eigenvalue weighted by molar-refractivity contribution is 0.101. The maximum Gasteiger partial charge on any atom is 0.206 e. The second-order valence-electron chi connectivity index (χ2n) is 11.1. The highest BCUT2D eigenvalue weighted by Crippen LogP contribution is 2.39. The first-order chi connectivity index (χ1) is 19.4. The summed E-state index contributed by atoms with van der Waals surface area (Å²) in [6.45, 7) is 6.13. The molecule has 200 valence electrons. The van der Waals surface area contributed by atoms with E-state index in [4.69, 9.17) is 9.72 Å². The molecule has 0 saturated carbocycles. The van der Waals surface area contributed by atoms with E-state index in [0.717, 1.165) is 53.4 Å². The third-order valence-corrected chi connectivity index (χ3v) is 8.51. The fourth-order valence-electron chi connectivity index (χ4n) is 5.99. The number of aromatic nitrogens is 2. The van der Waals surface area contributed by atoms with E-state index < -0.39 is 0 Å². The lowest BCUT2D eigenvalue weighted by Gasteiger charge is -2.46. The molecule has 0 aromatic carbocycles. The molecular weight excluding hydrogens is 518 g/mol. The molecule has 2 unspecified atom stereocenters. The summed E-state index contributed by atoms with van der Waals surface area (Å²) in [5, 5.41) is 22.4. The maximum atomic E-state index is 9.70. The minimum absolute atomic E-state index is 0.328. The fourth-order valence-corrected chi connectivity index (χ4v) is 6.19. The average Bonchev–Trinajstić information content (AvgIpc) is 3.38. The minimum Gasteiger partial charge on any atom is -0.481 e. The van der Waals surface area contributed by atoms with E-state index in [-0.39, 0.29) is 5.41 Å². The van der Waals surface area contributed by atoms with Crippen LogP contribution in [0.1, 0.15) is 18.1 Å². The predicted octanol–water partition coefficient (Wildman–Crippen LogP) is 1.21. The number of nitriles is 2. The molecule has 3 fully saturated rings. The molecule has 3 saturated heterocycles. The number of rotatable bonds is 7. The van der Waals surface area contributed by atoms with Crippen LogP contribution >= 0.6 is 8.86 Å². The van der Waals surface area contributed by atoms with E-state index in [1.165, 1.54) is 5.56 Å². The number of pyridine rings is 2. The lowest BCUT2D eigenvalue weighted by Crippen LogP contribution is -2.53. The minimum atomic E-state index is -0.328. The molecule has 0 aliphatic carbocycles. The van der Waals surface area contributed by atoms with Gasteiger partial charge in [0.1, 0.15) is 19.7 Å². The molecule has 9 nitrogen and oxygen atoms in total. The molecule has 1 N–H and O–H groups in total. The molecule has 2 aromatic heterocycles. The number of nitrogens with one attached hydrogen (secondary N) is 1. The van der Waals surface area contributed by atoms with Gasteiger partial charge >= 0.3 is 0 Å². The highest BCUT2D eigenvalue weighted by Gasteiger charge is 2.53. The first kappa shape index (κ1) is 26.1. The molecule has 0 bridgehead atoms. The van der Waals surface area contributed by atoms with Gasteiger partial charge in [0.25, 0.3) is 0 Å². The number of nitrogens with zero attached hydrogens (tertiary/aromatic N) is 7. The summed E-state index contributed by atoms with van der Waals surface area (Å²) in [4.78, 5) is 16.3. The molecule has 11 heteroatoms. The zero-order chi connectivity index (χ0) is 28.0. The topological polar surface area (TPSA) is 104 Å². The summed E-state index contributed by atoms with van der Waals surface area (Å²) < 4.78 is 5.29. The SMILES string of the molecule is Bc1cc(CN2C3CN(c4ccc(C5=CC(N6CC(C)(C#N)C6)=CN/C5=C(/C#N)C=P)cn4)CC32)cnc1OC. The van der Waals surface area contributed by atoms with Gasteiger partial charge in [-0.1, -0.05) is 6.07 Å². The van der Waals surface area contributed by atoms with E-state index in [1.54, 1.807) is 12.9 Å². The Balaban J connectivity index is 1.15. The molecule has 4 aliphatic heterocycles. The van der Waals surface area contributed by atoms with Crippen molar-refractivity contribution in [2.45, 2.75) is 25.6 Å². The number of anilines is 1. The summed E-state index contributed by atoms with van der Waals surface area (Å²) in [6, 6.07) is 12.0. The molecule has 2 atom stereocenters. The van der Waals surface area contributed by atoms with Crippen molar-refractivity contribution in [3.63, 3.8) is 0 Å². The monoisotopic (exact) mass is 548 g/mol. The smallest absolute Gasteiger partial charge is 0.206 e. The lowest BCUT2D eigenvalue weighted by atomic mass is 9.83. The third kappa shape index (κ3) is 4.64. The quantitative estimate of drug-likeness (QED) is 0.237. The Morgan fingerprint density at radius 1 is 1.23 bits per heavy atom. The Kier molecular flexibility index (Phi) is 6.62. The highest BCUT2D eigenvalue weighted by molar-refractivity contribution is 7.19. The van der Waals surface area contributed by atoms with Gasteiger partial charge in [-0.3, -0.25) is 4.90 Å². The molecule has 2 aromatic rings. The van der Waals surface area contributed by atoms with Crippen LogP contribution in [0.3, 0.4) is 0 Å². The van der Waals surface area contributed by atoms with Crippen molar-refractivity contribution in [2.24, 2.45) is 5.41 Å². The van der Waals surface area contributed by atoms with E-state index in [2.05, 4.69) is 70.3 Å². The summed E-state index contributed by atoms with van der Waals surface area (Å²) in [6.07, 6.45) is 7.77. The first-order valence-corrected chi connectivity index (χ1v) is 13.9. The molecule has 6 heterocycles. The number of dihydropyridines is 1. The fraction of sp³-hybridized carbons (Fsp3) is 0.345. The van der Waals surface area contributed by atoms with Crippen LogP contribution in [0.15, 0.2) is 59.8 Å². The second-order valence-corrected chi connectivity index (χ2v) is 11.4. The van der Waals surface area contributed by atoms with Crippen molar-refractivity contribution in [1.29, 1.82) is 10.5 Å². The van der Waals surface area contributed by atoms with Gasteiger partial charge in [-0.05, 0) is 42.0 Å². The van der Waals surface area contributed by atoms with Crippen molar-refractivity contribution in [1.82, 2.24) is 25.1 Å². The Labute approximate surface area is 237 Å². The number of ether oxygens (including phenoxy) is 1. The highest BCUT2D eigenvalue weighted by atomic mass is 31.0. The molecule has 0 radical (unpaired) electrons. The van der Waals surface area contributed by atoms with Crippen LogP contribution in [0.5, 0.6) is 5.88 Å². The third-order valence-electron chi connectivity index (χ3n) is 8.22. The Hall–Kier alpha value is -4.11. The van der Waals surface area contributed by atoms with Crippen molar-refractivity contribution >= 4 is 39.4 Å². The number of likely N-dealkylation sites (tertiary alicyclic amines) is 1. The van der Waals surface area contributed by atoms with Crippen molar-refractivity contribution < 1.29 is 4.74 Å². The molecule has 0 spiro atoms. The standard InChI is InChI=1S/C29H30BN8OP/c1-29(15-32)16-37(17-29)21-6-22(27(34-10-21)20(7-31)14-40)19-3-4-26(33-9-19)36-12-24-25(13-36)38(24)11-18-5-23(30)28(39-2)35-8-18/h3-6,8-10,14,24-25,34,40H,11-13,16-17,30H2,1-2H3/b27-20-. The van der Waals surface area contributed by atoms with Crippen LogP contribution in [-0.2, 0) is 6.54 Å². The number of hydrogen-bond donors (Lipinski definition) is 1. The first-order valence-electron chi connectivity index (χ1n) is 13.3. The average molecular weight is 548 g/mol. The van der Waals surface area contributed by atoms with Gasteiger partial charge in [-0.2, -0.15) is 10.5 Å². The largest absolute Gasteiger partial charge is 0.481 e. The summed E-state index contributed by atoms with van der Waals surface area (Å²) in [7, 11) is 7.06. The van der Waals surface area contributed by atoms with Gasteiger partial charge < -0.3 is 19.9 Å². The second kappa shape index (κ2) is 10.1. The van der Waals surface area contributed by atoms with Crippen molar-refractivity contribution in [3.8, 4) is 18.0 Å². The number of fused-ring (bicyclic) bond motifs is 1. The Bertz CT molecular complexity index is 1540. The molecular formula is C29H30BN8OP. The van der Waals surface area contributed by atoms with Crippen LogP contribution in [0.25, 0.3) is 5.57 Å². The van der Waals surface area contributed by atoms with Crippen LogP contribution in [0, 0.1) is 28.1 Å². The van der Waals surface area contributed by atoms with Crippen LogP contribution < -0.4 is 20.4 Å². The van der Waals surface area contributed by atoms with Crippen molar-refractivity contribution in [3.05, 3.63) is 71.0 Å². The van der Waals surface area contributed by atoms with E-state index >= 15 is 0 Å². The zero-order valence-corrected chi connectivity index (χ0v) is 23.8. The molecule has 4 aliphatic rings. The summed E-state index contributed by atoms with van der Waals surface area (Å²) in [5.41, 5.74) is 5.97. The van der Waals surface area contributed by atoms with E-state index in [0.29, 0.717) is 36.6 Å². The summed E-state index contributed by atoms with van der Waals surface area (Å²) >= 11 is 0. The van der Waals surface area contributed by atoms with E-state index in [9.17, 15) is 10.5 Å². The Morgan fingerprint density at radius 3 is 2.60 bits per heavy atom. The maximum absolute atomic E-state index is 9.70. The predicted molar refractivity (Wildman–Crippen MR) is 160 cm³/mol. The van der Waals surface area contributed by atoms with Crippen LogP contribution in [-0.4, -0.2) is 78.8 Å². The van der Waals surface area contributed by atoms with Gasteiger partial charge in [0.15, 0.2) is 0 Å². The van der Waals surface area contributed by atoms with E-state index in [1.807, 2.05) is 33.4 Å². The molecule has 6 rings (SSSR count). The van der Waals surface area contributed by atoms with Gasteiger partial charge in [-0.25, -0.2) is 9.97 Å². The zero-order valence-electron chi connectivity index (χ0n) is 22.8. The van der Waals surface area contributed by atoms with Crippen molar-refractivity contribution in [2.75, 3.05) is 38.2 Å². The number of methoxy groups -OCH3 is 1. The van der Waals surface area contributed by atoms with Crippen LogP contribution in [0.4, 0.5) is 5.82 Å². The van der Waals surface area contributed by atoms with Gasteiger partial charge in [-0.15, -0.1) is 8.86 Å². The number of allylic oxidation sites excluding steroid dienone is 3.